The van der Waals surface area contributed by atoms with Gasteiger partial charge in [0.15, 0.2) is 5.82 Å². The lowest BCUT2D eigenvalue weighted by Gasteiger charge is -2.35. The molecule has 1 aromatic carbocycles. The van der Waals surface area contributed by atoms with Gasteiger partial charge >= 0.3 is 0 Å². The van der Waals surface area contributed by atoms with Gasteiger partial charge in [-0.1, -0.05) is 5.16 Å². The van der Waals surface area contributed by atoms with Crippen LogP contribution in [0.2, 0.25) is 0 Å². The van der Waals surface area contributed by atoms with Gasteiger partial charge in [-0.05, 0) is 32.3 Å². The van der Waals surface area contributed by atoms with Crippen LogP contribution < -0.4 is 5.73 Å². The molecule has 1 fully saturated rings. The van der Waals surface area contributed by atoms with E-state index in [0.29, 0.717) is 23.0 Å². The Kier molecular flexibility index (Phi) is 3.52. The lowest BCUT2D eigenvalue weighted by Crippen LogP contribution is -2.45. The van der Waals surface area contributed by atoms with Gasteiger partial charge in [-0.25, -0.2) is 0 Å². The Labute approximate surface area is 123 Å². The summed E-state index contributed by atoms with van der Waals surface area (Å²) in [5, 5.41) is 13.7. The Balaban J connectivity index is 1.87. The average molecular weight is 289 g/mol. The number of piperazine rings is 1. The summed E-state index contributed by atoms with van der Waals surface area (Å²) in [5.74, 6) is 1.07. The van der Waals surface area contributed by atoms with E-state index in [2.05, 4.69) is 34.0 Å². The number of hydrogen-bond acceptors (Lipinski definition) is 7. The molecule has 1 atom stereocenters. The number of nitrogens with zero attached hydrogens (tertiary/aromatic N) is 4. The number of likely N-dealkylation sites (N-methyl/N-ethyl adjacent to an activating group) is 2. The van der Waals surface area contributed by atoms with Crippen LogP contribution in [0, 0.1) is 0 Å². The van der Waals surface area contributed by atoms with E-state index < -0.39 is 0 Å². The fourth-order valence-corrected chi connectivity index (χ4v) is 2.45. The first-order valence-electron chi connectivity index (χ1n) is 6.86. The van der Waals surface area contributed by atoms with Gasteiger partial charge < -0.3 is 20.3 Å². The number of benzene rings is 1. The smallest absolute Gasteiger partial charge is 0.258 e. The number of aromatic nitrogens is 2. The maximum Gasteiger partial charge on any atom is 0.258 e. The van der Waals surface area contributed by atoms with E-state index in [0.717, 1.165) is 19.6 Å². The summed E-state index contributed by atoms with van der Waals surface area (Å²) in [6, 6.07) is 5.02. The zero-order valence-corrected chi connectivity index (χ0v) is 12.2. The molecule has 1 saturated heterocycles. The number of phenols is 1. The lowest BCUT2D eigenvalue weighted by atomic mass is 10.1. The van der Waals surface area contributed by atoms with Crippen LogP contribution >= 0.6 is 0 Å². The first-order valence-corrected chi connectivity index (χ1v) is 6.86. The van der Waals surface area contributed by atoms with Crippen LogP contribution in [-0.2, 0) is 0 Å². The highest BCUT2D eigenvalue weighted by molar-refractivity contribution is 5.63. The van der Waals surface area contributed by atoms with Gasteiger partial charge in [-0.15, -0.1) is 0 Å². The summed E-state index contributed by atoms with van der Waals surface area (Å²) < 4.78 is 5.32. The monoisotopic (exact) mass is 289 g/mol. The minimum Gasteiger partial charge on any atom is -0.506 e. The molecular weight excluding hydrogens is 270 g/mol. The summed E-state index contributed by atoms with van der Waals surface area (Å²) in [6.45, 7) is 2.86. The Bertz CT molecular complexity index is 642. The molecule has 3 N–H and O–H groups in total. The molecule has 21 heavy (non-hydrogen) atoms. The number of aromatic hydroxyl groups is 1. The van der Waals surface area contributed by atoms with E-state index >= 15 is 0 Å². The molecule has 7 nitrogen and oxygen atoms in total. The first-order chi connectivity index (χ1) is 10.0. The molecule has 3 rings (SSSR count). The second kappa shape index (κ2) is 5.34. The summed E-state index contributed by atoms with van der Waals surface area (Å²) >= 11 is 0. The molecule has 1 aromatic heterocycles. The van der Waals surface area contributed by atoms with Crippen molar-refractivity contribution in [1.29, 1.82) is 0 Å². The highest BCUT2D eigenvalue weighted by atomic mass is 16.5. The Morgan fingerprint density at radius 2 is 2.14 bits per heavy atom. The van der Waals surface area contributed by atoms with Crippen LogP contribution in [0.15, 0.2) is 22.7 Å². The van der Waals surface area contributed by atoms with Crippen LogP contribution in [0.3, 0.4) is 0 Å². The van der Waals surface area contributed by atoms with Gasteiger partial charge in [0.05, 0.1) is 11.7 Å². The van der Waals surface area contributed by atoms with Crippen molar-refractivity contribution in [3.63, 3.8) is 0 Å². The van der Waals surface area contributed by atoms with E-state index in [1.165, 1.54) is 6.07 Å². The van der Waals surface area contributed by atoms with Crippen molar-refractivity contribution in [2.24, 2.45) is 0 Å². The fraction of sp³-hybridized carbons (Fsp3) is 0.429. The predicted octanol–water partition coefficient (Wildman–Crippen LogP) is 0.943. The SMILES string of the molecule is CN1CCN(C)C(c2noc(-c3ccc(N)c(O)c3)n2)C1. The van der Waals surface area contributed by atoms with Gasteiger partial charge in [0.2, 0.25) is 0 Å². The van der Waals surface area contributed by atoms with Crippen LogP contribution in [0.25, 0.3) is 11.5 Å². The molecule has 112 valence electrons. The van der Waals surface area contributed by atoms with Gasteiger partial charge in [0, 0.05) is 25.2 Å². The third-order valence-electron chi connectivity index (χ3n) is 3.87. The third kappa shape index (κ3) is 2.70. The number of nitrogens with two attached hydrogens (primary N) is 1. The maximum atomic E-state index is 9.66. The Hall–Kier alpha value is -2.12. The summed E-state index contributed by atoms with van der Waals surface area (Å²) in [7, 11) is 4.14. The number of nitrogen functional groups attached to an aromatic ring is 1. The quantitative estimate of drug-likeness (QED) is 0.628. The van der Waals surface area contributed by atoms with E-state index in [1.54, 1.807) is 12.1 Å². The van der Waals surface area contributed by atoms with Crippen LogP contribution in [-0.4, -0.2) is 58.8 Å². The largest absolute Gasteiger partial charge is 0.506 e. The zero-order valence-electron chi connectivity index (χ0n) is 12.2. The van der Waals surface area contributed by atoms with Crippen molar-refractivity contribution in [3.05, 3.63) is 24.0 Å². The average Bonchev–Trinajstić information content (AvgIpc) is 2.94. The molecule has 2 aromatic rings. The van der Waals surface area contributed by atoms with E-state index in [4.69, 9.17) is 10.3 Å². The summed E-state index contributed by atoms with van der Waals surface area (Å²) in [5.41, 5.74) is 6.58. The number of phenolic OH excluding ortho intramolecular Hbond substituents is 1. The van der Waals surface area contributed by atoms with Crippen molar-refractivity contribution in [3.8, 4) is 17.2 Å². The van der Waals surface area contributed by atoms with Gasteiger partial charge in [-0.2, -0.15) is 4.98 Å². The molecule has 0 aliphatic carbocycles. The van der Waals surface area contributed by atoms with Gasteiger partial charge in [-0.3, -0.25) is 4.90 Å². The number of hydrogen-bond donors (Lipinski definition) is 2. The lowest BCUT2D eigenvalue weighted by molar-refractivity contribution is 0.108. The van der Waals surface area contributed by atoms with E-state index in [-0.39, 0.29) is 11.8 Å². The highest BCUT2D eigenvalue weighted by Gasteiger charge is 2.28. The van der Waals surface area contributed by atoms with Crippen molar-refractivity contribution < 1.29 is 9.63 Å². The Morgan fingerprint density at radius 1 is 1.33 bits per heavy atom. The van der Waals surface area contributed by atoms with Crippen LogP contribution in [0.1, 0.15) is 11.9 Å². The van der Waals surface area contributed by atoms with Crippen molar-refractivity contribution in [1.82, 2.24) is 19.9 Å². The molecule has 0 bridgehead atoms. The van der Waals surface area contributed by atoms with Crippen molar-refractivity contribution >= 4 is 5.69 Å². The standard InChI is InChI=1S/C14H19N5O2/c1-18-5-6-19(2)11(8-18)13-16-14(21-17-13)9-3-4-10(15)12(20)7-9/h3-4,7,11,20H,5-6,8,15H2,1-2H3. The number of anilines is 1. The van der Waals surface area contributed by atoms with Gasteiger partial charge in [0.1, 0.15) is 5.75 Å². The molecule has 1 aliphatic heterocycles. The van der Waals surface area contributed by atoms with E-state index in [9.17, 15) is 5.11 Å². The third-order valence-corrected chi connectivity index (χ3v) is 3.87. The minimum absolute atomic E-state index is 0.0155. The summed E-state index contributed by atoms with van der Waals surface area (Å²) in [6.07, 6.45) is 0. The molecule has 1 aliphatic rings. The summed E-state index contributed by atoms with van der Waals surface area (Å²) in [4.78, 5) is 8.92. The zero-order chi connectivity index (χ0) is 15.0. The van der Waals surface area contributed by atoms with Crippen LogP contribution in [0.4, 0.5) is 5.69 Å². The van der Waals surface area contributed by atoms with Crippen LogP contribution in [0.5, 0.6) is 5.75 Å². The Morgan fingerprint density at radius 3 is 2.90 bits per heavy atom. The molecule has 1 unspecified atom stereocenters. The molecule has 2 heterocycles. The molecular formula is C14H19N5O2. The van der Waals surface area contributed by atoms with Crippen molar-refractivity contribution in [2.75, 3.05) is 39.5 Å². The number of rotatable bonds is 2. The molecule has 0 radical (unpaired) electrons. The first kappa shape index (κ1) is 13.8. The van der Waals surface area contributed by atoms with E-state index in [1.807, 2.05) is 0 Å². The second-order valence-corrected chi connectivity index (χ2v) is 5.49. The predicted molar refractivity (Wildman–Crippen MR) is 78.7 cm³/mol. The topological polar surface area (TPSA) is 91.7 Å². The molecule has 0 amide bonds. The molecule has 0 spiro atoms. The molecule has 0 saturated carbocycles. The maximum absolute atomic E-state index is 9.66. The van der Waals surface area contributed by atoms with Crippen molar-refractivity contribution in [2.45, 2.75) is 6.04 Å². The van der Waals surface area contributed by atoms with Gasteiger partial charge in [0.25, 0.3) is 5.89 Å². The normalized spacial score (nSPS) is 20.8. The minimum atomic E-state index is 0.0155. The fourth-order valence-electron chi connectivity index (χ4n) is 2.45. The molecule has 7 heteroatoms. The second-order valence-electron chi connectivity index (χ2n) is 5.49. The highest BCUT2D eigenvalue weighted by Crippen LogP contribution is 2.28.